The van der Waals surface area contributed by atoms with Crippen molar-refractivity contribution in [3.8, 4) is 0 Å². The molecule has 5 heteroatoms. The molecule has 0 amide bonds. The minimum Gasteiger partial charge on any atom is -0.406 e. The summed E-state index contributed by atoms with van der Waals surface area (Å²) in [7, 11) is 1.88. The van der Waals surface area contributed by atoms with Crippen LogP contribution in [0.5, 0.6) is 0 Å². The van der Waals surface area contributed by atoms with Crippen LogP contribution in [0.1, 0.15) is 51.0 Å². The van der Waals surface area contributed by atoms with Crippen LogP contribution in [-0.4, -0.2) is 23.3 Å². The van der Waals surface area contributed by atoms with Gasteiger partial charge in [0.25, 0.3) is 0 Å². The van der Waals surface area contributed by atoms with Crippen molar-refractivity contribution in [3.63, 3.8) is 0 Å². The van der Waals surface area contributed by atoms with Gasteiger partial charge in [-0.25, -0.2) is 0 Å². The average molecular weight is 224 g/mol. The second-order valence-corrected chi connectivity index (χ2v) is 4.44. The summed E-state index contributed by atoms with van der Waals surface area (Å²) in [5.41, 5.74) is 0. The molecular formula is C11H20N4O. The molecule has 1 fully saturated rings. The third-order valence-corrected chi connectivity index (χ3v) is 3.18. The van der Waals surface area contributed by atoms with E-state index in [1.165, 1.54) is 32.1 Å². The van der Waals surface area contributed by atoms with E-state index in [2.05, 4.69) is 20.8 Å². The van der Waals surface area contributed by atoms with Crippen LogP contribution in [0.2, 0.25) is 0 Å². The average Bonchev–Trinajstić information content (AvgIpc) is 2.78. The molecule has 5 nitrogen and oxygen atoms in total. The van der Waals surface area contributed by atoms with Crippen molar-refractivity contribution < 1.29 is 4.42 Å². The highest BCUT2D eigenvalue weighted by molar-refractivity contribution is 5.20. The minimum atomic E-state index is 0.106. The lowest BCUT2D eigenvalue weighted by molar-refractivity contribution is 0.420. The van der Waals surface area contributed by atoms with Gasteiger partial charge in [-0.2, -0.15) is 0 Å². The van der Waals surface area contributed by atoms with Gasteiger partial charge < -0.3 is 15.1 Å². The van der Waals surface area contributed by atoms with Gasteiger partial charge in [0.2, 0.25) is 5.89 Å². The second kappa shape index (κ2) is 5.30. The number of hydrogen-bond acceptors (Lipinski definition) is 5. The highest BCUT2D eigenvalue weighted by atomic mass is 16.4. The van der Waals surface area contributed by atoms with E-state index in [9.17, 15) is 0 Å². The fourth-order valence-corrected chi connectivity index (χ4v) is 2.01. The maximum absolute atomic E-state index is 5.54. The summed E-state index contributed by atoms with van der Waals surface area (Å²) < 4.78 is 5.54. The number of aromatic nitrogens is 2. The van der Waals surface area contributed by atoms with Gasteiger partial charge in [-0.15, -0.1) is 5.10 Å². The molecule has 1 aromatic rings. The molecule has 1 aliphatic rings. The Morgan fingerprint density at radius 3 is 2.69 bits per heavy atom. The summed E-state index contributed by atoms with van der Waals surface area (Å²) >= 11 is 0. The van der Waals surface area contributed by atoms with E-state index in [4.69, 9.17) is 4.42 Å². The predicted octanol–water partition coefficient (Wildman–Crippen LogP) is 2.09. The van der Waals surface area contributed by atoms with Crippen molar-refractivity contribution >= 4 is 6.01 Å². The fraction of sp³-hybridized carbons (Fsp3) is 0.818. The van der Waals surface area contributed by atoms with Crippen LogP contribution in [0.4, 0.5) is 6.01 Å². The smallest absolute Gasteiger partial charge is 0.315 e. The van der Waals surface area contributed by atoms with E-state index in [0.29, 0.717) is 17.9 Å². The van der Waals surface area contributed by atoms with E-state index in [1.54, 1.807) is 0 Å². The summed E-state index contributed by atoms with van der Waals surface area (Å²) in [6, 6.07) is 1.17. The Hall–Kier alpha value is -1.10. The van der Waals surface area contributed by atoms with Crippen molar-refractivity contribution in [2.45, 2.75) is 51.1 Å². The third kappa shape index (κ3) is 2.72. The largest absolute Gasteiger partial charge is 0.406 e. The number of nitrogens with one attached hydrogen (secondary N) is 2. The van der Waals surface area contributed by atoms with Gasteiger partial charge in [0, 0.05) is 6.04 Å². The van der Waals surface area contributed by atoms with Crippen molar-refractivity contribution in [2.75, 3.05) is 12.4 Å². The Labute approximate surface area is 96.0 Å². The fourth-order valence-electron chi connectivity index (χ4n) is 2.01. The monoisotopic (exact) mass is 224 g/mol. The first-order valence-electron chi connectivity index (χ1n) is 6.07. The molecule has 1 unspecified atom stereocenters. The molecular weight excluding hydrogens is 204 g/mol. The standard InChI is InChI=1S/C11H20N4O/c1-8(12-2)10-14-15-11(16-10)13-9-6-4-3-5-7-9/h8-9,12H,3-7H2,1-2H3,(H,13,15). The highest BCUT2D eigenvalue weighted by Crippen LogP contribution is 2.21. The number of hydrogen-bond donors (Lipinski definition) is 2. The van der Waals surface area contributed by atoms with E-state index >= 15 is 0 Å². The van der Waals surface area contributed by atoms with Crippen LogP contribution >= 0.6 is 0 Å². The summed E-state index contributed by atoms with van der Waals surface area (Å²) in [6.07, 6.45) is 6.36. The number of nitrogens with zero attached hydrogens (tertiary/aromatic N) is 2. The van der Waals surface area contributed by atoms with Crippen LogP contribution in [0.25, 0.3) is 0 Å². The Morgan fingerprint density at radius 2 is 2.00 bits per heavy atom. The van der Waals surface area contributed by atoms with Gasteiger partial charge >= 0.3 is 6.01 Å². The number of anilines is 1. The predicted molar refractivity (Wildman–Crippen MR) is 62.3 cm³/mol. The zero-order valence-corrected chi connectivity index (χ0v) is 9.99. The van der Waals surface area contributed by atoms with E-state index in [1.807, 2.05) is 14.0 Å². The summed E-state index contributed by atoms with van der Waals surface area (Å²) in [5, 5.41) is 14.4. The molecule has 2 N–H and O–H groups in total. The first-order valence-corrected chi connectivity index (χ1v) is 6.07. The third-order valence-electron chi connectivity index (χ3n) is 3.18. The molecule has 1 aromatic heterocycles. The molecule has 16 heavy (non-hydrogen) atoms. The lowest BCUT2D eigenvalue weighted by Gasteiger charge is -2.21. The van der Waals surface area contributed by atoms with Crippen LogP contribution in [0.15, 0.2) is 4.42 Å². The highest BCUT2D eigenvalue weighted by Gasteiger charge is 2.17. The molecule has 0 radical (unpaired) electrons. The normalized spacial score (nSPS) is 19.6. The van der Waals surface area contributed by atoms with Crippen molar-refractivity contribution in [3.05, 3.63) is 5.89 Å². The molecule has 0 aliphatic heterocycles. The van der Waals surface area contributed by atoms with Gasteiger partial charge in [0.05, 0.1) is 6.04 Å². The molecule has 1 aliphatic carbocycles. The van der Waals surface area contributed by atoms with E-state index in [-0.39, 0.29) is 6.04 Å². The van der Waals surface area contributed by atoms with E-state index < -0.39 is 0 Å². The first kappa shape index (κ1) is 11.4. The second-order valence-electron chi connectivity index (χ2n) is 4.44. The van der Waals surface area contributed by atoms with E-state index in [0.717, 1.165) is 0 Å². The van der Waals surface area contributed by atoms with Gasteiger partial charge in [-0.05, 0) is 26.8 Å². The molecule has 0 aromatic carbocycles. The zero-order chi connectivity index (χ0) is 11.4. The van der Waals surface area contributed by atoms with Gasteiger partial charge in [0.15, 0.2) is 0 Å². The maximum Gasteiger partial charge on any atom is 0.315 e. The van der Waals surface area contributed by atoms with Crippen LogP contribution in [0, 0.1) is 0 Å². The van der Waals surface area contributed by atoms with Gasteiger partial charge in [0.1, 0.15) is 0 Å². The summed E-state index contributed by atoms with van der Waals surface area (Å²) in [6.45, 7) is 2.00. The topological polar surface area (TPSA) is 63.0 Å². The Balaban J connectivity index is 1.91. The Kier molecular flexibility index (Phi) is 3.77. The quantitative estimate of drug-likeness (QED) is 0.820. The van der Waals surface area contributed by atoms with Crippen LogP contribution < -0.4 is 10.6 Å². The molecule has 1 saturated carbocycles. The molecule has 2 rings (SSSR count). The van der Waals surface area contributed by atoms with Gasteiger partial charge in [-0.1, -0.05) is 24.4 Å². The molecule has 1 heterocycles. The Bertz CT molecular complexity index is 320. The maximum atomic E-state index is 5.54. The first-order chi connectivity index (χ1) is 7.79. The lowest BCUT2D eigenvalue weighted by atomic mass is 9.96. The van der Waals surface area contributed by atoms with Gasteiger partial charge in [-0.3, -0.25) is 0 Å². The summed E-state index contributed by atoms with van der Waals surface area (Å²) in [4.78, 5) is 0. The molecule has 1 atom stereocenters. The number of rotatable bonds is 4. The molecule has 0 spiro atoms. The van der Waals surface area contributed by atoms with Crippen molar-refractivity contribution in [1.29, 1.82) is 0 Å². The minimum absolute atomic E-state index is 0.106. The lowest BCUT2D eigenvalue weighted by Crippen LogP contribution is -2.22. The van der Waals surface area contributed by atoms with Crippen molar-refractivity contribution in [1.82, 2.24) is 15.5 Å². The SMILES string of the molecule is CNC(C)c1nnc(NC2CCCCC2)o1. The summed E-state index contributed by atoms with van der Waals surface area (Å²) in [5.74, 6) is 0.640. The Morgan fingerprint density at radius 1 is 1.25 bits per heavy atom. The molecule has 0 bridgehead atoms. The zero-order valence-electron chi connectivity index (χ0n) is 9.99. The van der Waals surface area contributed by atoms with Crippen LogP contribution in [-0.2, 0) is 0 Å². The molecule has 0 saturated heterocycles. The molecule has 90 valence electrons. The van der Waals surface area contributed by atoms with Crippen LogP contribution in [0.3, 0.4) is 0 Å². The van der Waals surface area contributed by atoms with Crippen molar-refractivity contribution in [2.24, 2.45) is 0 Å².